The normalized spacial score (nSPS) is 17.5. The molecule has 0 bridgehead atoms. The summed E-state index contributed by atoms with van der Waals surface area (Å²) in [7, 11) is 0. The van der Waals surface area contributed by atoms with Crippen molar-refractivity contribution in [1.82, 2.24) is 9.97 Å². The third-order valence-electron chi connectivity index (χ3n) is 6.92. The molecule has 1 aliphatic rings. The smallest absolute Gasteiger partial charge is 0.301 e. The van der Waals surface area contributed by atoms with Gasteiger partial charge in [-0.25, -0.2) is 4.98 Å². The lowest BCUT2D eigenvalue weighted by atomic mass is 9.94. The van der Waals surface area contributed by atoms with E-state index in [2.05, 4.69) is 24.9 Å². The Hall–Kier alpha value is -4.23. The topological polar surface area (TPSA) is 86.3 Å². The Balaban J connectivity index is 1.57. The molecule has 1 unspecified atom stereocenters. The minimum absolute atomic E-state index is 0.0579. The third-order valence-corrected chi connectivity index (χ3v) is 7.94. The molecule has 6 rings (SSSR count). The number of H-pyrrole nitrogens is 1. The molecule has 0 radical (unpaired) electrons. The molecular formula is C30H25N3O3S. The summed E-state index contributed by atoms with van der Waals surface area (Å²) in [6, 6.07) is 20.5. The van der Waals surface area contributed by atoms with E-state index in [0.717, 1.165) is 32.2 Å². The number of carbonyl (C=O) groups excluding carboxylic acids is 2. The average molecular weight is 508 g/mol. The van der Waals surface area contributed by atoms with Crippen LogP contribution in [0.25, 0.3) is 26.9 Å². The molecule has 7 heteroatoms. The van der Waals surface area contributed by atoms with Crippen LogP contribution in [-0.2, 0) is 9.59 Å². The predicted molar refractivity (Wildman–Crippen MR) is 148 cm³/mol. The zero-order valence-electron chi connectivity index (χ0n) is 20.6. The van der Waals surface area contributed by atoms with E-state index in [9.17, 15) is 14.7 Å². The first-order valence-electron chi connectivity index (χ1n) is 12.2. The average Bonchev–Trinajstić information content (AvgIpc) is 3.57. The number of aliphatic hydroxyl groups excluding tert-OH is 1. The van der Waals surface area contributed by atoms with Crippen molar-refractivity contribution in [3.8, 4) is 0 Å². The van der Waals surface area contributed by atoms with E-state index in [1.54, 1.807) is 6.20 Å². The summed E-state index contributed by atoms with van der Waals surface area (Å²) < 4.78 is 0.947. The molecule has 3 aromatic carbocycles. The number of aromatic nitrogens is 2. The second-order valence-electron chi connectivity index (χ2n) is 9.71. The SMILES string of the molecule is Cc1cccc(C2/C(=C(\O)c3c[nH]c4ccccc34)C(=O)C(=O)N2c2nc3ccc(C(C)C)cc3s2)c1. The number of hydrogen-bond acceptors (Lipinski definition) is 5. The van der Waals surface area contributed by atoms with Crippen LogP contribution in [0.15, 0.2) is 78.5 Å². The summed E-state index contributed by atoms with van der Waals surface area (Å²) in [6.07, 6.45) is 1.67. The first kappa shape index (κ1) is 23.2. The summed E-state index contributed by atoms with van der Waals surface area (Å²) in [4.78, 5) is 36.4. The van der Waals surface area contributed by atoms with Gasteiger partial charge in [-0.2, -0.15) is 0 Å². The number of amides is 1. The predicted octanol–water partition coefficient (Wildman–Crippen LogP) is 6.84. The first-order valence-corrected chi connectivity index (χ1v) is 13.0. The molecule has 1 fully saturated rings. The zero-order chi connectivity index (χ0) is 25.8. The fourth-order valence-electron chi connectivity index (χ4n) is 4.99. The Morgan fingerprint density at radius 3 is 2.65 bits per heavy atom. The van der Waals surface area contributed by atoms with Gasteiger partial charge < -0.3 is 10.1 Å². The lowest BCUT2D eigenvalue weighted by molar-refractivity contribution is -0.132. The van der Waals surface area contributed by atoms with Gasteiger partial charge >= 0.3 is 5.91 Å². The van der Waals surface area contributed by atoms with Crippen molar-refractivity contribution in [2.24, 2.45) is 0 Å². The van der Waals surface area contributed by atoms with Crippen molar-refractivity contribution >= 4 is 55.0 Å². The monoisotopic (exact) mass is 507 g/mol. The van der Waals surface area contributed by atoms with Gasteiger partial charge in [-0.3, -0.25) is 14.5 Å². The molecule has 2 N–H and O–H groups in total. The number of aromatic amines is 1. The zero-order valence-corrected chi connectivity index (χ0v) is 21.5. The van der Waals surface area contributed by atoms with Gasteiger partial charge in [-0.05, 0) is 42.2 Å². The van der Waals surface area contributed by atoms with Gasteiger partial charge in [0.2, 0.25) is 0 Å². The number of nitrogens with one attached hydrogen (secondary N) is 1. The molecule has 1 amide bonds. The van der Waals surface area contributed by atoms with E-state index in [1.807, 2.05) is 67.6 Å². The van der Waals surface area contributed by atoms with Crippen molar-refractivity contribution in [2.75, 3.05) is 4.90 Å². The first-order chi connectivity index (χ1) is 17.8. The maximum absolute atomic E-state index is 13.6. The third kappa shape index (κ3) is 3.74. The second kappa shape index (κ2) is 8.71. The molecule has 0 saturated carbocycles. The van der Waals surface area contributed by atoms with Gasteiger partial charge in [-0.15, -0.1) is 0 Å². The molecule has 6 nitrogen and oxygen atoms in total. The Labute approximate surface area is 217 Å². The van der Waals surface area contributed by atoms with Crippen LogP contribution < -0.4 is 4.90 Å². The highest BCUT2D eigenvalue weighted by Crippen LogP contribution is 2.45. The van der Waals surface area contributed by atoms with Gasteiger partial charge in [-0.1, -0.05) is 79.3 Å². The number of anilines is 1. The number of aryl methyl sites for hydroxylation is 1. The number of hydrogen-bond donors (Lipinski definition) is 2. The number of para-hydroxylation sites is 1. The van der Waals surface area contributed by atoms with Gasteiger partial charge in [0.25, 0.3) is 5.78 Å². The van der Waals surface area contributed by atoms with Gasteiger partial charge in [0.1, 0.15) is 5.76 Å². The van der Waals surface area contributed by atoms with Crippen LogP contribution in [0, 0.1) is 6.92 Å². The standard InChI is InChI=1S/C30H25N3O3S/c1-16(2)18-11-12-23-24(14-18)37-30(32-23)33-26(19-8-6-7-17(3)13-19)25(28(35)29(33)36)27(34)21-15-31-22-10-5-4-9-20(21)22/h4-16,26,31,34H,1-3H3/b27-25+. The van der Waals surface area contributed by atoms with Crippen LogP contribution in [0.3, 0.4) is 0 Å². The van der Waals surface area contributed by atoms with Crippen LogP contribution in [0.5, 0.6) is 0 Å². The molecule has 184 valence electrons. The number of benzene rings is 3. The highest BCUT2D eigenvalue weighted by atomic mass is 32.1. The highest BCUT2D eigenvalue weighted by Gasteiger charge is 2.48. The summed E-state index contributed by atoms with van der Waals surface area (Å²) >= 11 is 1.38. The molecule has 3 heterocycles. The number of Topliss-reactive ketones (excluding diaryl/α,β-unsaturated/α-hetero) is 1. The molecule has 2 aromatic heterocycles. The number of rotatable bonds is 4. The number of carbonyl (C=O) groups is 2. The Bertz CT molecular complexity index is 1740. The maximum Gasteiger partial charge on any atom is 0.301 e. The molecule has 1 atom stereocenters. The number of nitrogens with zero attached hydrogens (tertiary/aromatic N) is 2. The van der Waals surface area contributed by atoms with Crippen LogP contribution in [-0.4, -0.2) is 26.8 Å². The van der Waals surface area contributed by atoms with Crippen molar-refractivity contribution in [1.29, 1.82) is 0 Å². The highest BCUT2D eigenvalue weighted by molar-refractivity contribution is 7.22. The van der Waals surface area contributed by atoms with Crippen LogP contribution in [0.2, 0.25) is 0 Å². The van der Waals surface area contributed by atoms with Crippen molar-refractivity contribution in [3.63, 3.8) is 0 Å². The number of aliphatic hydroxyl groups is 1. The van der Waals surface area contributed by atoms with E-state index in [0.29, 0.717) is 16.6 Å². The Morgan fingerprint density at radius 1 is 1.05 bits per heavy atom. The summed E-state index contributed by atoms with van der Waals surface area (Å²) in [5, 5.41) is 12.7. The van der Waals surface area contributed by atoms with E-state index < -0.39 is 17.7 Å². The maximum atomic E-state index is 13.6. The summed E-state index contributed by atoms with van der Waals surface area (Å²) in [5.41, 5.74) is 5.05. The lowest BCUT2D eigenvalue weighted by Crippen LogP contribution is -2.29. The van der Waals surface area contributed by atoms with E-state index in [4.69, 9.17) is 4.98 Å². The Morgan fingerprint density at radius 2 is 1.86 bits per heavy atom. The number of ketones is 1. The van der Waals surface area contributed by atoms with Crippen molar-refractivity contribution in [2.45, 2.75) is 32.7 Å². The fourth-order valence-corrected chi connectivity index (χ4v) is 6.03. The van der Waals surface area contributed by atoms with Crippen molar-refractivity contribution in [3.05, 3.63) is 101 Å². The fraction of sp³-hybridized carbons (Fsp3) is 0.167. The van der Waals surface area contributed by atoms with Gasteiger partial charge in [0.15, 0.2) is 5.13 Å². The van der Waals surface area contributed by atoms with Crippen molar-refractivity contribution < 1.29 is 14.7 Å². The van der Waals surface area contributed by atoms with E-state index >= 15 is 0 Å². The molecule has 1 aliphatic heterocycles. The molecule has 37 heavy (non-hydrogen) atoms. The molecule has 5 aromatic rings. The lowest BCUT2D eigenvalue weighted by Gasteiger charge is -2.23. The van der Waals surface area contributed by atoms with Crippen LogP contribution >= 0.6 is 11.3 Å². The van der Waals surface area contributed by atoms with Gasteiger partial charge in [0, 0.05) is 22.7 Å². The van der Waals surface area contributed by atoms with E-state index in [1.165, 1.54) is 21.8 Å². The summed E-state index contributed by atoms with van der Waals surface area (Å²) in [5.74, 6) is -1.27. The minimum atomic E-state index is -0.807. The van der Waals surface area contributed by atoms with Gasteiger partial charge in [0.05, 0.1) is 21.8 Å². The quantitative estimate of drug-likeness (QED) is 0.158. The second-order valence-corrected chi connectivity index (χ2v) is 10.7. The largest absolute Gasteiger partial charge is 0.507 e. The Kier molecular flexibility index (Phi) is 5.46. The van der Waals surface area contributed by atoms with Crippen LogP contribution in [0.1, 0.15) is 48.1 Å². The van der Waals surface area contributed by atoms with E-state index in [-0.39, 0.29) is 11.3 Å². The molecule has 0 aliphatic carbocycles. The minimum Gasteiger partial charge on any atom is -0.507 e. The summed E-state index contributed by atoms with van der Waals surface area (Å²) in [6.45, 7) is 6.22. The van der Waals surface area contributed by atoms with Crippen LogP contribution in [0.4, 0.5) is 5.13 Å². The molecule has 0 spiro atoms. The number of fused-ring (bicyclic) bond motifs is 2. The number of thiazole rings is 1. The molecular weight excluding hydrogens is 482 g/mol. The molecule has 1 saturated heterocycles.